The number of rotatable bonds is 12. The van der Waals surface area contributed by atoms with Crippen molar-refractivity contribution in [1.82, 2.24) is 4.90 Å². The SMILES string of the molecule is COC(CCCCNc1ccc(NCCN(C)C)c2c1C(=O)c1ccccc1C2=O)OC. The number of unbranched alkanes of at least 4 members (excludes halogenated alkanes) is 1. The number of carbonyl (C=O) groups is 2. The molecule has 7 nitrogen and oxygen atoms in total. The Bertz CT molecular complexity index is 954. The van der Waals surface area contributed by atoms with Gasteiger partial charge in [0.15, 0.2) is 17.9 Å². The highest BCUT2D eigenvalue weighted by molar-refractivity contribution is 6.31. The smallest absolute Gasteiger partial charge is 0.196 e. The first-order chi connectivity index (χ1) is 15.5. The zero-order valence-electron chi connectivity index (χ0n) is 19.4. The number of hydrogen-bond acceptors (Lipinski definition) is 7. The van der Waals surface area contributed by atoms with Crippen LogP contribution in [0.5, 0.6) is 0 Å². The van der Waals surface area contributed by atoms with Crippen LogP contribution in [0.2, 0.25) is 0 Å². The molecular formula is C25H33N3O4. The second kappa shape index (κ2) is 11.2. The summed E-state index contributed by atoms with van der Waals surface area (Å²) in [5, 5.41) is 6.72. The van der Waals surface area contributed by atoms with Crippen LogP contribution in [0.3, 0.4) is 0 Å². The molecule has 0 spiro atoms. The van der Waals surface area contributed by atoms with Crippen LogP contribution in [0.25, 0.3) is 0 Å². The van der Waals surface area contributed by atoms with E-state index >= 15 is 0 Å². The fourth-order valence-electron chi connectivity index (χ4n) is 3.92. The second-order valence-corrected chi connectivity index (χ2v) is 8.17. The highest BCUT2D eigenvalue weighted by atomic mass is 16.7. The first-order valence-corrected chi connectivity index (χ1v) is 11.0. The number of carbonyl (C=O) groups excluding carboxylic acids is 2. The summed E-state index contributed by atoms with van der Waals surface area (Å²) in [5.41, 5.74) is 3.22. The maximum Gasteiger partial charge on any atom is 0.196 e. The van der Waals surface area contributed by atoms with E-state index in [0.29, 0.717) is 46.7 Å². The normalized spacial score (nSPS) is 12.8. The van der Waals surface area contributed by atoms with Crippen LogP contribution in [0.15, 0.2) is 36.4 Å². The fraction of sp³-hybridized carbons (Fsp3) is 0.440. The highest BCUT2D eigenvalue weighted by Crippen LogP contribution is 2.36. The van der Waals surface area contributed by atoms with E-state index < -0.39 is 0 Å². The van der Waals surface area contributed by atoms with Crippen molar-refractivity contribution < 1.29 is 19.1 Å². The fourth-order valence-corrected chi connectivity index (χ4v) is 3.92. The number of nitrogens with one attached hydrogen (secondary N) is 2. The van der Waals surface area contributed by atoms with Gasteiger partial charge in [-0.15, -0.1) is 0 Å². The van der Waals surface area contributed by atoms with E-state index in [2.05, 4.69) is 15.5 Å². The Hall–Kier alpha value is -2.74. The predicted molar refractivity (Wildman–Crippen MR) is 127 cm³/mol. The van der Waals surface area contributed by atoms with E-state index in [1.165, 1.54) is 0 Å². The first-order valence-electron chi connectivity index (χ1n) is 11.0. The van der Waals surface area contributed by atoms with Crippen molar-refractivity contribution >= 4 is 22.9 Å². The van der Waals surface area contributed by atoms with Gasteiger partial charge in [-0.25, -0.2) is 0 Å². The third-order valence-electron chi connectivity index (χ3n) is 5.66. The lowest BCUT2D eigenvalue weighted by atomic mass is 9.82. The van der Waals surface area contributed by atoms with Crippen LogP contribution >= 0.6 is 0 Å². The summed E-state index contributed by atoms with van der Waals surface area (Å²) >= 11 is 0. The molecule has 2 aromatic carbocycles. The number of methoxy groups -OCH3 is 2. The Kier molecular flexibility index (Phi) is 8.39. The summed E-state index contributed by atoms with van der Waals surface area (Å²) in [6, 6.07) is 10.8. The molecular weight excluding hydrogens is 406 g/mol. The molecule has 1 aliphatic carbocycles. The van der Waals surface area contributed by atoms with Gasteiger partial charge < -0.3 is 25.0 Å². The van der Waals surface area contributed by atoms with E-state index in [0.717, 1.165) is 25.8 Å². The van der Waals surface area contributed by atoms with E-state index in [9.17, 15) is 9.59 Å². The molecule has 0 fully saturated rings. The molecule has 0 radical (unpaired) electrons. The molecule has 2 aromatic rings. The van der Waals surface area contributed by atoms with Gasteiger partial charge in [-0.3, -0.25) is 9.59 Å². The zero-order valence-corrected chi connectivity index (χ0v) is 19.4. The van der Waals surface area contributed by atoms with Gasteiger partial charge >= 0.3 is 0 Å². The second-order valence-electron chi connectivity index (χ2n) is 8.17. The monoisotopic (exact) mass is 439 g/mol. The Balaban J connectivity index is 1.83. The van der Waals surface area contributed by atoms with Crippen molar-refractivity contribution in [3.05, 3.63) is 58.7 Å². The number of nitrogens with zero attached hydrogens (tertiary/aromatic N) is 1. The number of likely N-dealkylation sites (N-methyl/N-ethyl adjacent to an activating group) is 1. The zero-order chi connectivity index (χ0) is 23.1. The highest BCUT2D eigenvalue weighted by Gasteiger charge is 2.33. The molecule has 0 unspecified atom stereocenters. The van der Waals surface area contributed by atoms with Crippen molar-refractivity contribution in [2.75, 3.05) is 58.6 Å². The minimum absolute atomic E-state index is 0.116. The lowest BCUT2D eigenvalue weighted by Crippen LogP contribution is -2.26. The number of ether oxygens (including phenoxy) is 2. The standard InChI is InChI=1S/C25H33N3O4/c1-28(2)16-15-27-20-13-12-19(26-14-8-7-11-21(31-3)32-4)22-23(20)25(30)18-10-6-5-9-17(18)24(22)29/h5-6,9-10,12-13,21,26-27H,7-8,11,14-16H2,1-4H3. The quantitative estimate of drug-likeness (QED) is 0.329. The van der Waals surface area contributed by atoms with Gasteiger partial charge in [0.25, 0.3) is 0 Å². The van der Waals surface area contributed by atoms with Crippen molar-refractivity contribution in [3.8, 4) is 0 Å². The maximum absolute atomic E-state index is 13.4. The molecule has 0 bridgehead atoms. The van der Waals surface area contributed by atoms with Crippen LogP contribution in [-0.4, -0.2) is 70.7 Å². The van der Waals surface area contributed by atoms with Crippen molar-refractivity contribution in [2.45, 2.75) is 25.6 Å². The molecule has 0 saturated heterocycles. The Morgan fingerprint density at radius 1 is 0.812 bits per heavy atom. The van der Waals surface area contributed by atoms with E-state index in [1.54, 1.807) is 38.5 Å². The number of hydrogen-bond donors (Lipinski definition) is 2. The van der Waals surface area contributed by atoms with Gasteiger partial charge in [0, 0.05) is 56.4 Å². The molecule has 2 N–H and O–H groups in total. The number of ketones is 2. The number of anilines is 2. The Labute approximate surface area is 190 Å². The minimum atomic E-state index is -0.203. The summed E-state index contributed by atoms with van der Waals surface area (Å²) < 4.78 is 10.4. The number of benzene rings is 2. The van der Waals surface area contributed by atoms with Crippen molar-refractivity contribution in [2.24, 2.45) is 0 Å². The molecule has 0 saturated carbocycles. The molecule has 172 valence electrons. The van der Waals surface area contributed by atoms with Crippen molar-refractivity contribution in [1.29, 1.82) is 0 Å². The average molecular weight is 440 g/mol. The topological polar surface area (TPSA) is 79.9 Å². The molecule has 0 aliphatic heterocycles. The third-order valence-corrected chi connectivity index (χ3v) is 5.66. The average Bonchev–Trinajstić information content (AvgIpc) is 2.80. The maximum atomic E-state index is 13.4. The summed E-state index contributed by atoms with van der Waals surface area (Å²) in [4.78, 5) is 28.9. The van der Waals surface area contributed by atoms with Gasteiger partial charge in [0.05, 0.1) is 11.1 Å². The molecule has 3 rings (SSSR count). The van der Waals surface area contributed by atoms with E-state index in [1.807, 2.05) is 26.2 Å². The Morgan fingerprint density at radius 3 is 1.84 bits per heavy atom. The molecule has 0 amide bonds. The Morgan fingerprint density at radius 2 is 1.34 bits per heavy atom. The van der Waals surface area contributed by atoms with Gasteiger partial charge in [-0.2, -0.15) is 0 Å². The van der Waals surface area contributed by atoms with Crippen LogP contribution in [0.1, 0.15) is 51.1 Å². The van der Waals surface area contributed by atoms with Crippen LogP contribution in [0.4, 0.5) is 11.4 Å². The predicted octanol–water partition coefficient (Wildman–Crippen LogP) is 3.64. The summed E-state index contributed by atoms with van der Waals surface area (Å²) in [5.74, 6) is -0.234. The minimum Gasteiger partial charge on any atom is -0.384 e. The lowest BCUT2D eigenvalue weighted by molar-refractivity contribution is -0.107. The summed E-state index contributed by atoms with van der Waals surface area (Å²) in [6.45, 7) is 2.18. The van der Waals surface area contributed by atoms with Gasteiger partial charge in [-0.1, -0.05) is 24.3 Å². The van der Waals surface area contributed by atoms with Crippen LogP contribution < -0.4 is 10.6 Å². The molecule has 0 aromatic heterocycles. The van der Waals surface area contributed by atoms with Gasteiger partial charge in [-0.05, 0) is 45.5 Å². The van der Waals surface area contributed by atoms with Crippen LogP contribution in [-0.2, 0) is 9.47 Å². The number of fused-ring (bicyclic) bond motifs is 2. The van der Waals surface area contributed by atoms with Gasteiger partial charge in [0.1, 0.15) is 0 Å². The van der Waals surface area contributed by atoms with Gasteiger partial charge in [0.2, 0.25) is 0 Å². The molecule has 1 aliphatic rings. The third kappa shape index (κ3) is 5.35. The largest absolute Gasteiger partial charge is 0.384 e. The first kappa shape index (κ1) is 23.9. The van der Waals surface area contributed by atoms with E-state index in [-0.39, 0.29) is 17.9 Å². The van der Waals surface area contributed by atoms with Crippen molar-refractivity contribution in [3.63, 3.8) is 0 Å². The summed E-state index contributed by atoms with van der Waals surface area (Å²) in [6.07, 6.45) is 2.40. The summed E-state index contributed by atoms with van der Waals surface area (Å²) in [7, 11) is 7.26. The molecule has 0 atom stereocenters. The lowest BCUT2D eigenvalue weighted by Gasteiger charge is -2.24. The molecule has 32 heavy (non-hydrogen) atoms. The van der Waals surface area contributed by atoms with E-state index in [4.69, 9.17) is 9.47 Å². The molecule has 7 heteroatoms. The van der Waals surface area contributed by atoms with Crippen LogP contribution in [0, 0.1) is 0 Å². The molecule has 0 heterocycles.